The van der Waals surface area contributed by atoms with Gasteiger partial charge in [0.1, 0.15) is 35.2 Å². The molecule has 0 fully saturated rings. The number of amides is 1. The fraction of sp³-hybridized carbons (Fsp3) is 0.448. The van der Waals surface area contributed by atoms with E-state index in [-0.39, 0.29) is 34.5 Å². The summed E-state index contributed by atoms with van der Waals surface area (Å²) in [5.74, 6) is -1.41. The van der Waals surface area contributed by atoms with Gasteiger partial charge in [-0.25, -0.2) is 4.98 Å². The van der Waals surface area contributed by atoms with Gasteiger partial charge >= 0.3 is 11.7 Å². The number of hydrogen-bond acceptors (Lipinski definition) is 8. The summed E-state index contributed by atoms with van der Waals surface area (Å²) >= 11 is 0. The number of pyridine rings is 2. The molecule has 0 aliphatic carbocycles. The molecule has 0 spiro atoms. The van der Waals surface area contributed by atoms with Crippen LogP contribution in [0.15, 0.2) is 41.3 Å². The van der Waals surface area contributed by atoms with Crippen LogP contribution in [0.4, 0.5) is 11.4 Å². The molecular weight excluding hydrogens is 545 g/mol. The Morgan fingerprint density at radius 1 is 1.10 bits per heavy atom. The van der Waals surface area contributed by atoms with Crippen LogP contribution in [0.25, 0.3) is 11.0 Å². The Morgan fingerprint density at radius 3 is 2.15 bits per heavy atom. The second-order valence-corrected chi connectivity index (χ2v) is 8.97. The standard InChI is InChI=1S/C24H27N5O6.2C2H6.CH5P/c1-14-6-8-15(9-7-14)11-27-22(31)17-10-16-20(25-5)18(29(33)34)12-26-21(16)28(23(17)32)13-19(30)35-24(2,3)4;3*1-2/h6-10,12H,11,13H2,1-5H3,(H,25,26)(H,27,31);2*1-2H3;2H2,1H3. The Morgan fingerprint density at radius 2 is 1.66 bits per heavy atom. The lowest BCUT2D eigenvalue weighted by molar-refractivity contribution is -0.384. The molecular formula is C29H44N5O6P. The fourth-order valence-electron chi connectivity index (χ4n) is 3.50. The van der Waals surface area contributed by atoms with E-state index in [1.54, 1.807) is 20.8 Å². The predicted octanol–water partition coefficient (Wildman–Crippen LogP) is 5.47. The highest BCUT2D eigenvalue weighted by Gasteiger charge is 2.25. The number of carbonyl (C=O) groups is 2. The number of carbonyl (C=O) groups excluding carboxylic acids is 2. The average molecular weight is 590 g/mol. The van der Waals surface area contributed by atoms with Gasteiger partial charge in [-0.3, -0.25) is 29.1 Å². The van der Waals surface area contributed by atoms with Gasteiger partial charge in [0.25, 0.3) is 11.5 Å². The second kappa shape index (κ2) is 17.8. The summed E-state index contributed by atoms with van der Waals surface area (Å²) in [7, 11) is 3.89. The molecule has 2 N–H and O–H groups in total. The number of fused-ring (bicyclic) bond motifs is 1. The lowest BCUT2D eigenvalue weighted by Gasteiger charge is -2.20. The molecule has 41 heavy (non-hydrogen) atoms. The Bertz CT molecular complexity index is 1370. The van der Waals surface area contributed by atoms with Crippen molar-refractivity contribution in [3.05, 3.63) is 73.7 Å². The highest BCUT2D eigenvalue weighted by atomic mass is 31.0. The number of hydrogen-bond donors (Lipinski definition) is 2. The van der Waals surface area contributed by atoms with Gasteiger partial charge < -0.3 is 15.4 Å². The molecule has 12 heteroatoms. The van der Waals surface area contributed by atoms with E-state index in [4.69, 9.17) is 4.74 Å². The van der Waals surface area contributed by atoms with E-state index in [9.17, 15) is 24.5 Å². The molecule has 2 heterocycles. The summed E-state index contributed by atoms with van der Waals surface area (Å²) in [6.45, 7) is 16.5. The minimum atomic E-state index is -0.804. The van der Waals surface area contributed by atoms with Crippen LogP contribution in [0.2, 0.25) is 0 Å². The third-order valence-electron chi connectivity index (χ3n) is 5.07. The molecule has 0 aliphatic heterocycles. The van der Waals surface area contributed by atoms with Crippen molar-refractivity contribution in [3.8, 4) is 0 Å². The number of rotatable bonds is 7. The number of benzene rings is 1. The Hall–Kier alpha value is -3.85. The van der Waals surface area contributed by atoms with Crippen LogP contribution < -0.4 is 16.2 Å². The average Bonchev–Trinajstić information content (AvgIpc) is 2.95. The van der Waals surface area contributed by atoms with Gasteiger partial charge in [0.2, 0.25) is 0 Å². The van der Waals surface area contributed by atoms with Gasteiger partial charge in [-0.1, -0.05) is 64.2 Å². The smallest absolute Gasteiger partial charge is 0.326 e. The van der Waals surface area contributed by atoms with E-state index in [0.717, 1.165) is 21.9 Å². The lowest BCUT2D eigenvalue weighted by atomic mass is 10.1. The monoisotopic (exact) mass is 589 g/mol. The predicted molar refractivity (Wildman–Crippen MR) is 169 cm³/mol. The van der Waals surface area contributed by atoms with Crippen molar-refractivity contribution in [2.24, 2.45) is 0 Å². The highest BCUT2D eigenvalue weighted by molar-refractivity contribution is 7.15. The molecule has 3 rings (SSSR count). The molecule has 1 amide bonds. The number of esters is 1. The largest absolute Gasteiger partial charge is 0.459 e. The van der Waals surface area contributed by atoms with Crippen molar-refractivity contribution < 1.29 is 19.2 Å². The first-order valence-corrected chi connectivity index (χ1v) is 14.6. The van der Waals surface area contributed by atoms with E-state index in [0.29, 0.717) is 0 Å². The number of anilines is 1. The van der Waals surface area contributed by atoms with Gasteiger partial charge in [0.05, 0.1) is 4.92 Å². The lowest BCUT2D eigenvalue weighted by Crippen LogP contribution is -2.36. The van der Waals surface area contributed by atoms with E-state index in [1.807, 2.05) is 65.5 Å². The van der Waals surface area contributed by atoms with E-state index in [1.165, 1.54) is 13.1 Å². The van der Waals surface area contributed by atoms with Crippen LogP contribution >= 0.6 is 9.24 Å². The summed E-state index contributed by atoms with van der Waals surface area (Å²) in [4.78, 5) is 53.8. The summed E-state index contributed by atoms with van der Waals surface area (Å²) in [6.07, 6.45) is 0.996. The van der Waals surface area contributed by atoms with Gasteiger partial charge in [-0.05, 0) is 39.3 Å². The maximum absolute atomic E-state index is 13.3. The molecule has 3 aromatic rings. The van der Waals surface area contributed by atoms with Crippen molar-refractivity contribution >= 4 is 43.5 Å². The number of nitro groups is 1. The summed E-state index contributed by atoms with van der Waals surface area (Å²) in [6, 6.07) is 8.75. The quantitative estimate of drug-likeness (QED) is 0.160. The Labute approximate surface area is 244 Å². The number of aromatic nitrogens is 2. The van der Waals surface area contributed by atoms with E-state index < -0.39 is 34.5 Å². The molecule has 1 aromatic carbocycles. The van der Waals surface area contributed by atoms with Crippen LogP contribution in [0.3, 0.4) is 0 Å². The Kier molecular flexibility index (Phi) is 16.1. The fourth-order valence-corrected chi connectivity index (χ4v) is 3.50. The maximum atomic E-state index is 13.3. The summed E-state index contributed by atoms with van der Waals surface area (Å²) in [5.41, 5.74) is -0.243. The first-order chi connectivity index (χ1) is 19.4. The van der Waals surface area contributed by atoms with Gasteiger partial charge in [-0.15, -0.1) is 9.24 Å². The minimum absolute atomic E-state index is 0.00546. The van der Waals surface area contributed by atoms with Crippen molar-refractivity contribution in [1.29, 1.82) is 0 Å². The van der Waals surface area contributed by atoms with Crippen LogP contribution in [0.5, 0.6) is 0 Å². The van der Waals surface area contributed by atoms with Crippen molar-refractivity contribution in [2.75, 3.05) is 19.0 Å². The molecule has 0 saturated carbocycles. The van der Waals surface area contributed by atoms with Crippen LogP contribution in [-0.2, 0) is 22.6 Å². The molecule has 2 aromatic heterocycles. The molecule has 0 bridgehead atoms. The van der Waals surface area contributed by atoms with Gasteiger partial charge in [0, 0.05) is 19.0 Å². The molecule has 1 atom stereocenters. The molecule has 0 radical (unpaired) electrons. The minimum Gasteiger partial charge on any atom is -0.459 e. The first kappa shape index (κ1) is 37.1. The van der Waals surface area contributed by atoms with Crippen molar-refractivity contribution in [1.82, 2.24) is 14.9 Å². The van der Waals surface area contributed by atoms with Gasteiger partial charge in [0.15, 0.2) is 0 Å². The van der Waals surface area contributed by atoms with Gasteiger partial charge in [-0.2, -0.15) is 0 Å². The third-order valence-corrected chi connectivity index (χ3v) is 5.07. The Balaban J connectivity index is 0.00000250. The first-order valence-electron chi connectivity index (χ1n) is 13.4. The van der Waals surface area contributed by atoms with Crippen LogP contribution in [0.1, 0.15) is 70.0 Å². The molecule has 1 unspecified atom stereocenters. The topological polar surface area (TPSA) is 145 Å². The van der Waals surface area contributed by atoms with Crippen LogP contribution in [-0.4, -0.2) is 45.7 Å². The van der Waals surface area contributed by atoms with Crippen molar-refractivity contribution in [2.45, 2.75) is 74.1 Å². The van der Waals surface area contributed by atoms with E-state index in [2.05, 4.69) is 24.9 Å². The summed E-state index contributed by atoms with van der Waals surface area (Å²) in [5, 5.41) is 17.1. The molecule has 226 valence electrons. The highest BCUT2D eigenvalue weighted by Crippen LogP contribution is 2.31. The van der Waals surface area contributed by atoms with E-state index >= 15 is 0 Å². The zero-order valence-electron chi connectivity index (χ0n) is 25.7. The van der Waals surface area contributed by atoms with Crippen molar-refractivity contribution in [3.63, 3.8) is 0 Å². The zero-order valence-corrected chi connectivity index (χ0v) is 26.9. The normalized spacial score (nSPS) is 10.0. The third kappa shape index (κ3) is 10.6. The molecule has 0 aliphatic rings. The molecule has 0 saturated heterocycles. The van der Waals surface area contributed by atoms with Crippen LogP contribution in [0, 0.1) is 17.0 Å². The number of nitrogens with one attached hydrogen (secondary N) is 2. The second-order valence-electron chi connectivity index (χ2n) is 8.97. The number of ether oxygens (including phenoxy) is 1. The maximum Gasteiger partial charge on any atom is 0.326 e. The number of aryl methyl sites for hydroxylation is 1. The zero-order chi connectivity index (χ0) is 31.9. The number of nitrogens with zero attached hydrogens (tertiary/aromatic N) is 3. The molecule has 11 nitrogen and oxygen atoms in total. The SMILES string of the molecule is CC.CC.CNc1c([N+](=O)[O-])cnc2c1cc(C(=O)NCc1ccc(C)cc1)c(=O)n2CC(=O)OC(C)(C)C.CP. The summed E-state index contributed by atoms with van der Waals surface area (Å²) < 4.78 is 6.32.